The van der Waals surface area contributed by atoms with Crippen LogP contribution < -0.4 is 5.32 Å². The Labute approximate surface area is 146 Å². The second kappa shape index (κ2) is 7.02. The van der Waals surface area contributed by atoms with E-state index in [9.17, 15) is 0 Å². The van der Waals surface area contributed by atoms with Crippen molar-refractivity contribution in [2.45, 2.75) is 58.0 Å². The second-order valence-corrected chi connectivity index (χ2v) is 7.42. The highest BCUT2D eigenvalue weighted by atomic mass is 127. The summed E-state index contributed by atoms with van der Waals surface area (Å²) in [5, 5.41) is 3.65. The van der Waals surface area contributed by atoms with Crippen molar-refractivity contribution in [3.63, 3.8) is 0 Å². The van der Waals surface area contributed by atoms with E-state index in [0.29, 0.717) is 11.5 Å². The predicted molar refractivity (Wildman–Crippen MR) is 99.5 cm³/mol. The molecule has 0 aromatic rings. The monoisotopic (exact) mass is 406 g/mol. The molecule has 0 aromatic heterocycles. The Balaban J connectivity index is 0.00000161. The van der Waals surface area contributed by atoms with Crippen molar-refractivity contribution in [2.24, 2.45) is 10.4 Å². The van der Waals surface area contributed by atoms with E-state index in [-0.39, 0.29) is 24.0 Å². The minimum atomic E-state index is 0. The number of hydrogen-bond acceptors (Lipinski definition) is 2. The van der Waals surface area contributed by atoms with Crippen LogP contribution >= 0.6 is 24.0 Å². The molecule has 2 aliphatic heterocycles. The Morgan fingerprint density at radius 1 is 1.14 bits per heavy atom. The van der Waals surface area contributed by atoms with Gasteiger partial charge in [-0.2, -0.15) is 0 Å². The minimum absolute atomic E-state index is 0. The van der Waals surface area contributed by atoms with Crippen LogP contribution in [0.4, 0.5) is 0 Å². The standard InChI is InChI=1S/C16H30N4.HI/c1-16(2)11-14(16)18-15(17-3)20-10-7-13(12-20)19-8-5-4-6-9-19;/h13-14H,4-12H2,1-3H3,(H,17,18);1H. The van der Waals surface area contributed by atoms with Crippen LogP contribution in [-0.4, -0.2) is 61.1 Å². The van der Waals surface area contributed by atoms with E-state index in [4.69, 9.17) is 0 Å². The number of nitrogens with one attached hydrogen (secondary N) is 1. The van der Waals surface area contributed by atoms with Crippen LogP contribution in [0.15, 0.2) is 4.99 Å². The van der Waals surface area contributed by atoms with Crippen molar-refractivity contribution in [2.75, 3.05) is 33.2 Å². The Morgan fingerprint density at radius 2 is 1.81 bits per heavy atom. The van der Waals surface area contributed by atoms with Gasteiger partial charge in [-0.25, -0.2) is 0 Å². The molecule has 0 spiro atoms. The molecule has 2 unspecified atom stereocenters. The van der Waals surface area contributed by atoms with Gasteiger partial charge in [-0.05, 0) is 44.2 Å². The molecule has 21 heavy (non-hydrogen) atoms. The van der Waals surface area contributed by atoms with Crippen LogP contribution in [-0.2, 0) is 0 Å². The highest BCUT2D eigenvalue weighted by Crippen LogP contribution is 2.44. The topological polar surface area (TPSA) is 30.9 Å². The van der Waals surface area contributed by atoms with E-state index in [1.165, 1.54) is 45.2 Å². The summed E-state index contributed by atoms with van der Waals surface area (Å²) in [5.41, 5.74) is 0.460. The minimum Gasteiger partial charge on any atom is -0.353 e. The Kier molecular flexibility index (Phi) is 5.79. The summed E-state index contributed by atoms with van der Waals surface area (Å²) in [6.45, 7) is 9.60. The van der Waals surface area contributed by atoms with Gasteiger partial charge in [0, 0.05) is 32.2 Å². The molecule has 0 amide bonds. The number of nitrogens with zero attached hydrogens (tertiary/aromatic N) is 3. The molecule has 1 N–H and O–H groups in total. The fourth-order valence-electron chi connectivity index (χ4n) is 3.68. The summed E-state index contributed by atoms with van der Waals surface area (Å²) in [4.78, 5) is 9.68. The van der Waals surface area contributed by atoms with Crippen LogP contribution in [0.25, 0.3) is 0 Å². The average Bonchev–Trinajstić information content (AvgIpc) is 2.88. The van der Waals surface area contributed by atoms with E-state index >= 15 is 0 Å². The zero-order valence-electron chi connectivity index (χ0n) is 13.8. The Hall–Kier alpha value is -0.0400. The summed E-state index contributed by atoms with van der Waals surface area (Å²) >= 11 is 0. The van der Waals surface area contributed by atoms with E-state index < -0.39 is 0 Å². The molecule has 1 aliphatic carbocycles. The molecule has 2 heterocycles. The molecule has 0 bridgehead atoms. The average molecular weight is 406 g/mol. The zero-order chi connectivity index (χ0) is 14.2. The molecule has 3 rings (SSSR count). The lowest BCUT2D eigenvalue weighted by molar-refractivity contribution is 0.168. The second-order valence-electron chi connectivity index (χ2n) is 7.42. The maximum atomic E-state index is 4.51. The molecule has 1 saturated carbocycles. The lowest BCUT2D eigenvalue weighted by Gasteiger charge is -2.32. The van der Waals surface area contributed by atoms with E-state index in [1.807, 2.05) is 7.05 Å². The third kappa shape index (κ3) is 4.03. The van der Waals surface area contributed by atoms with E-state index in [0.717, 1.165) is 25.1 Å². The number of hydrogen-bond donors (Lipinski definition) is 1. The first-order chi connectivity index (χ1) is 9.60. The Morgan fingerprint density at radius 3 is 2.38 bits per heavy atom. The molecule has 3 fully saturated rings. The first-order valence-corrected chi connectivity index (χ1v) is 8.32. The number of rotatable bonds is 2. The van der Waals surface area contributed by atoms with Gasteiger partial charge in [0.25, 0.3) is 0 Å². The molecule has 5 heteroatoms. The normalized spacial score (nSPS) is 32.7. The number of halogens is 1. The van der Waals surface area contributed by atoms with Gasteiger partial charge in [-0.15, -0.1) is 24.0 Å². The van der Waals surface area contributed by atoms with Crippen LogP contribution in [0.1, 0.15) is 46.0 Å². The first-order valence-electron chi connectivity index (χ1n) is 8.32. The maximum absolute atomic E-state index is 4.51. The van der Waals surface area contributed by atoms with E-state index in [2.05, 4.69) is 34.0 Å². The van der Waals surface area contributed by atoms with Crippen LogP contribution in [0.2, 0.25) is 0 Å². The number of guanidine groups is 1. The molecule has 4 nitrogen and oxygen atoms in total. The molecule has 122 valence electrons. The van der Waals surface area contributed by atoms with Gasteiger partial charge in [-0.3, -0.25) is 9.89 Å². The van der Waals surface area contributed by atoms with E-state index in [1.54, 1.807) is 0 Å². The fraction of sp³-hybridized carbons (Fsp3) is 0.938. The summed E-state index contributed by atoms with van der Waals surface area (Å²) < 4.78 is 0. The maximum Gasteiger partial charge on any atom is 0.193 e. The molecular weight excluding hydrogens is 375 g/mol. The fourth-order valence-corrected chi connectivity index (χ4v) is 3.68. The zero-order valence-corrected chi connectivity index (χ0v) is 16.1. The van der Waals surface area contributed by atoms with Crippen LogP contribution in [0, 0.1) is 5.41 Å². The molecule has 3 aliphatic rings. The molecule has 0 radical (unpaired) electrons. The van der Waals surface area contributed by atoms with Gasteiger partial charge in [0.05, 0.1) is 0 Å². The predicted octanol–water partition coefficient (Wildman–Crippen LogP) is 2.54. The molecule has 0 aromatic carbocycles. The quantitative estimate of drug-likeness (QED) is 0.435. The number of piperidine rings is 1. The third-order valence-electron chi connectivity index (χ3n) is 5.40. The molecule has 2 saturated heterocycles. The van der Waals surface area contributed by atoms with Crippen molar-refractivity contribution in [1.29, 1.82) is 0 Å². The van der Waals surface area contributed by atoms with Crippen molar-refractivity contribution in [3.05, 3.63) is 0 Å². The molecule has 2 atom stereocenters. The van der Waals surface area contributed by atoms with Gasteiger partial charge in [0.1, 0.15) is 0 Å². The molecular formula is C16H31IN4. The Bertz CT molecular complexity index is 376. The third-order valence-corrected chi connectivity index (χ3v) is 5.40. The summed E-state index contributed by atoms with van der Waals surface area (Å²) in [5.74, 6) is 1.13. The van der Waals surface area contributed by atoms with Crippen LogP contribution in [0.5, 0.6) is 0 Å². The smallest absolute Gasteiger partial charge is 0.193 e. The van der Waals surface area contributed by atoms with Gasteiger partial charge in [0.2, 0.25) is 0 Å². The van der Waals surface area contributed by atoms with Gasteiger partial charge < -0.3 is 10.2 Å². The SMILES string of the molecule is CN=C(NC1CC1(C)C)N1CCC(N2CCCCC2)C1.I. The van der Waals surface area contributed by atoms with Gasteiger partial charge in [0.15, 0.2) is 5.96 Å². The largest absolute Gasteiger partial charge is 0.353 e. The summed E-state index contributed by atoms with van der Waals surface area (Å²) in [6, 6.07) is 1.37. The summed E-state index contributed by atoms with van der Waals surface area (Å²) in [7, 11) is 1.92. The van der Waals surface area contributed by atoms with Crippen molar-refractivity contribution in [3.8, 4) is 0 Å². The first kappa shape index (κ1) is 17.3. The number of likely N-dealkylation sites (tertiary alicyclic amines) is 2. The summed E-state index contributed by atoms with van der Waals surface area (Å²) in [6.07, 6.45) is 6.77. The lowest BCUT2D eigenvalue weighted by Crippen LogP contribution is -2.45. The van der Waals surface area contributed by atoms with Gasteiger partial charge in [-0.1, -0.05) is 20.3 Å². The highest BCUT2D eigenvalue weighted by Gasteiger charge is 2.46. The van der Waals surface area contributed by atoms with Crippen molar-refractivity contribution >= 4 is 29.9 Å². The highest BCUT2D eigenvalue weighted by molar-refractivity contribution is 14.0. The van der Waals surface area contributed by atoms with Crippen molar-refractivity contribution in [1.82, 2.24) is 15.1 Å². The van der Waals surface area contributed by atoms with Gasteiger partial charge >= 0.3 is 0 Å². The lowest BCUT2D eigenvalue weighted by atomic mass is 10.1. The van der Waals surface area contributed by atoms with Crippen molar-refractivity contribution < 1.29 is 0 Å². The number of aliphatic imine (C=N–C) groups is 1. The van der Waals surface area contributed by atoms with Crippen LogP contribution in [0.3, 0.4) is 0 Å².